The summed E-state index contributed by atoms with van der Waals surface area (Å²) in [7, 11) is 3.09. The first-order chi connectivity index (χ1) is 12.6. The van der Waals surface area contributed by atoms with Gasteiger partial charge in [-0.05, 0) is 29.8 Å². The van der Waals surface area contributed by atoms with Gasteiger partial charge in [-0.15, -0.1) is 0 Å². The fraction of sp³-hybridized carbons (Fsp3) is 0.263. The minimum absolute atomic E-state index is 0.188. The lowest BCUT2D eigenvalue weighted by atomic mass is 10.2. The molecule has 0 aliphatic rings. The van der Waals surface area contributed by atoms with Gasteiger partial charge >= 0.3 is 6.03 Å². The Morgan fingerprint density at radius 1 is 1.35 bits per heavy atom. The molecular formula is C19H21FN4O2. The molecule has 0 fully saturated rings. The summed E-state index contributed by atoms with van der Waals surface area (Å²) in [6.07, 6.45) is 4.52. The Morgan fingerprint density at radius 2 is 2.19 bits per heavy atom. The Balaban J connectivity index is 1.50. The maximum atomic E-state index is 13.7. The highest BCUT2D eigenvalue weighted by molar-refractivity contribution is 5.73. The van der Waals surface area contributed by atoms with E-state index in [-0.39, 0.29) is 11.8 Å². The summed E-state index contributed by atoms with van der Waals surface area (Å²) in [5.41, 5.74) is 2.49. The summed E-state index contributed by atoms with van der Waals surface area (Å²) in [6, 6.07) is 10.3. The monoisotopic (exact) mass is 356 g/mol. The average Bonchev–Trinajstić information content (AvgIpc) is 3.04. The molecule has 0 unspecified atom stereocenters. The first-order valence-corrected chi connectivity index (χ1v) is 8.31. The van der Waals surface area contributed by atoms with Crippen molar-refractivity contribution in [1.82, 2.24) is 19.6 Å². The van der Waals surface area contributed by atoms with Crippen molar-refractivity contribution in [3.05, 3.63) is 65.9 Å². The molecule has 0 saturated heterocycles. The number of methoxy groups -OCH3 is 1. The zero-order valence-corrected chi connectivity index (χ0v) is 14.8. The van der Waals surface area contributed by atoms with E-state index in [0.717, 1.165) is 11.3 Å². The molecule has 3 aromatic rings. The van der Waals surface area contributed by atoms with Crippen LogP contribution in [0.5, 0.6) is 5.75 Å². The van der Waals surface area contributed by atoms with E-state index >= 15 is 0 Å². The smallest absolute Gasteiger partial charge is 0.317 e. The van der Waals surface area contributed by atoms with Gasteiger partial charge < -0.3 is 19.4 Å². The molecule has 7 heteroatoms. The quantitative estimate of drug-likeness (QED) is 0.739. The number of carbonyl (C=O) groups excluding carboxylic acids is 1. The van der Waals surface area contributed by atoms with E-state index in [0.29, 0.717) is 25.1 Å². The van der Waals surface area contributed by atoms with Crippen LogP contribution >= 0.6 is 0 Å². The minimum Gasteiger partial charge on any atom is -0.494 e. The second-order valence-corrected chi connectivity index (χ2v) is 6.01. The first kappa shape index (κ1) is 17.7. The van der Waals surface area contributed by atoms with Gasteiger partial charge in [0.1, 0.15) is 5.65 Å². The van der Waals surface area contributed by atoms with Gasteiger partial charge in [0, 0.05) is 39.0 Å². The molecule has 1 aromatic carbocycles. The van der Waals surface area contributed by atoms with Crippen LogP contribution in [0, 0.1) is 5.82 Å². The van der Waals surface area contributed by atoms with Crippen molar-refractivity contribution in [2.45, 2.75) is 13.0 Å². The van der Waals surface area contributed by atoms with Crippen LogP contribution in [0.4, 0.5) is 9.18 Å². The number of aromatic nitrogens is 2. The predicted octanol–water partition coefficient (Wildman–Crippen LogP) is 2.87. The Kier molecular flexibility index (Phi) is 5.36. The normalized spacial score (nSPS) is 10.7. The summed E-state index contributed by atoms with van der Waals surface area (Å²) in [6.45, 7) is 0.783. The fourth-order valence-corrected chi connectivity index (χ4v) is 2.69. The van der Waals surface area contributed by atoms with E-state index < -0.39 is 5.82 Å². The molecule has 2 aromatic heterocycles. The summed E-state index contributed by atoms with van der Waals surface area (Å²) >= 11 is 0. The van der Waals surface area contributed by atoms with Crippen LogP contribution in [0.25, 0.3) is 5.65 Å². The maximum absolute atomic E-state index is 13.7. The van der Waals surface area contributed by atoms with Crippen molar-refractivity contribution in [3.63, 3.8) is 0 Å². The molecular weight excluding hydrogens is 335 g/mol. The second kappa shape index (κ2) is 7.86. The number of benzene rings is 1. The molecule has 0 bridgehead atoms. The van der Waals surface area contributed by atoms with Crippen LogP contribution < -0.4 is 10.1 Å². The molecule has 1 N–H and O–H groups in total. The molecule has 0 radical (unpaired) electrons. The number of fused-ring (bicyclic) bond motifs is 1. The van der Waals surface area contributed by atoms with Crippen LogP contribution in [0.3, 0.4) is 0 Å². The lowest BCUT2D eigenvalue weighted by Gasteiger charge is -2.18. The fourth-order valence-electron chi connectivity index (χ4n) is 2.69. The SMILES string of the molecule is COc1ccc(CN(C)C(=O)NCCc2cn3ccccc3n2)cc1F. The molecule has 26 heavy (non-hydrogen) atoms. The lowest BCUT2D eigenvalue weighted by molar-refractivity contribution is 0.207. The third kappa shape index (κ3) is 4.11. The predicted molar refractivity (Wildman–Crippen MR) is 96.7 cm³/mol. The number of nitrogens with one attached hydrogen (secondary N) is 1. The van der Waals surface area contributed by atoms with E-state index in [2.05, 4.69) is 10.3 Å². The summed E-state index contributed by atoms with van der Waals surface area (Å²) < 4.78 is 20.6. The van der Waals surface area contributed by atoms with Crippen molar-refractivity contribution < 1.29 is 13.9 Å². The topological polar surface area (TPSA) is 58.9 Å². The molecule has 0 atom stereocenters. The average molecular weight is 356 g/mol. The van der Waals surface area contributed by atoms with Gasteiger partial charge in [0.15, 0.2) is 11.6 Å². The molecule has 3 rings (SSSR count). The highest BCUT2D eigenvalue weighted by Gasteiger charge is 2.11. The van der Waals surface area contributed by atoms with Crippen molar-refractivity contribution in [3.8, 4) is 5.75 Å². The number of amides is 2. The van der Waals surface area contributed by atoms with Gasteiger partial charge in [-0.25, -0.2) is 14.2 Å². The molecule has 2 amide bonds. The Bertz CT molecular complexity index is 876. The van der Waals surface area contributed by atoms with E-state index in [1.54, 1.807) is 19.2 Å². The number of halogens is 1. The van der Waals surface area contributed by atoms with E-state index in [9.17, 15) is 9.18 Å². The van der Waals surface area contributed by atoms with Crippen LogP contribution in [0.15, 0.2) is 48.8 Å². The number of hydrogen-bond acceptors (Lipinski definition) is 3. The second-order valence-electron chi connectivity index (χ2n) is 6.01. The third-order valence-electron chi connectivity index (χ3n) is 4.05. The highest BCUT2D eigenvalue weighted by atomic mass is 19.1. The molecule has 0 aliphatic heterocycles. The molecule has 0 spiro atoms. The Hall–Kier alpha value is -3.09. The summed E-state index contributed by atoms with van der Waals surface area (Å²) in [4.78, 5) is 18.2. The minimum atomic E-state index is -0.439. The van der Waals surface area contributed by atoms with Crippen LogP contribution in [-0.4, -0.2) is 41.0 Å². The van der Waals surface area contributed by atoms with Crippen molar-refractivity contribution in [1.29, 1.82) is 0 Å². The zero-order valence-electron chi connectivity index (χ0n) is 14.8. The third-order valence-corrected chi connectivity index (χ3v) is 4.05. The molecule has 0 aliphatic carbocycles. The van der Waals surface area contributed by atoms with Crippen LogP contribution in [0.2, 0.25) is 0 Å². The number of ether oxygens (including phenoxy) is 1. The maximum Gasteiger partial charge on any atom is 0.317 e. The number of urea groups is 1. The number of nitrogens with zero attached hydrogens (tertiary/aromatic N) is 3. The van der Waals surface area contributed by atoms with Gasteiger partial charge in [-0.3, -0.25) is 0 Å². The number of imidazole rings is 1. The van der Waals surface area contributed by atoms with E-state index in [1.807, 2.05) is 35.0 Å². The summed E-state index contributed by atoms with van der Waals surface area (Å²) in [5, 5.41) is 2.85. The Labute approximate surface area is 151 Å². The number of carbonyl (C=O) groups is 1. The number of rotatable bonds is 6. The number of hydrogen-bond donors (Lipinski definition) is 1. The van der Waals surface area contributed by atoms with Crippen LogP contribution in [0.1, 0.15) is 11.3 Å². The Morgan fingerprint density at radius 3 is 2.92 bits per heavy atom. The molecule has 2 heterocycles. The van der Waals surface area contributed by atoms with Gasteiger partial charge in [0.05, 0.1) is 12.8 Å². The van der Waals surface area contributed by atoms with Gasteiger partial charge in [0.2, 0.25) is 0 Å². The largest absolute Gasteiger partial charge is 0.494 e. The van der Waals surface area contributed by atoms with Crippen molar-refractivity contribution >= 4 is 11.7 Å². The molecule has 6 nitrogen and oxygen atoms in total. The summed E-state index contributed by atoms with van der Waals surface area (Å²) in [5.74, 6) is -0.251. The highest BCUT2D eigenvalue weighted by Crippen LogP contribution is 2.18. The standard InChI is InChI=1S/C19H21FN4O2/c1-23(12-14-6-7-17(26-2)16(20)11-14)19(25)21-9-8-15-13-24-10-4-3-5-18(24)22-15/h3-7,10-11,13H,8-9,12H2,1-2H3,(H,21,25). The van der Waals surface area contributed by atoms with Gasteiger partial charge in [-0.2, -0.15) is 0 Å². The first-order valence-electron chi connectivity index (χ1n) is 8.31. The van der Waals surface area contributed by atoms with Crippen molar-refractivity contribution in [2.75, 3.05) is 20.7 Å². The molecule has 136 valence electrons. The van der Waals surface area contributed by atoms with E-state index in [4.69, 9.17) is 4.74 Å². The lowest BCUT2D eigenvalue weighted by Crippen LogP contribution is -2.37. The van der Waals surface area contributed by atoms with Gasteiger partial charge in [0.25, 0.3) is 0 Å². The van der Waals surface area contributed by atoms with Gasteiger partial charge in [-0.1, -0.05) is 12.1 Å². The number of pyridine rings is 1. The van der Waals surface area contributed by atoms with Crippen molar-refractivity contribution in [2.24, 2.45) is 0 Å². The van der Waals surface area contributed by atoms with Crippen LogP contribution in [-0.2, 0) is 13.0 Å². The van der Waals surface area contributed by atoms with E-state index in [1.165, 1.54) is 18.1 Å². The zero-order chi connectivity index (χ0) is 18.5. The molecule has 0 saturated carbocycles.